The predicted octanol–water partition coefficient (Wildman–Crippen LogP) is 0.509. The normalized spacial score (nSPS) is 29.8. The lowest BCUT2D eigenvalue weighted by Crippen LogP contribution is -2.30. The van der Waals surface area contributed by atoms with E-state index in [0.29, 0.717) is 12.0 Å². The van der Waals surface area contributed by atoms with Crippen LogP contribution in [-0.2, 0) is 15.0 Å². The number of piperidine rings is 1. The second kappa shape index (κ2) is 2.91. The number of carbonyl (C=O) groups is 2. The monoisotopic (exact) mass is 232 g/mol. The Kier molecular flexibility index (Phi) is 1.70. The second-order valence-corrected chi connectivity index (χ2v) is 4.35. The summed E-state index contributed by atoms with van der Waals surface area (Å²) in [5, 5.41) is 12.8. The molecule has 86 valence electrons. The van der Waals surface area contributed by atoms with Crippen LogP contribution in [0.2, 0.25) is 0 Å². The largest absolute Gasteiger partial charge is 0.295 e. The Balaban J connectivity index is 1.99. The number of imide groups is 1. The van der Waals surface area contributed by atoms with Gasteiger partial charge in [0.05, 0.1) is 16.3 Å². The first-order valence-electron chi connectivity index (χ1n) is 5.16. The number of nitrogens with one attached hydrogen (secondary N) is 1. The molecule has 1 saturated heterocycles. The van der Waals surface area contributed by atoms with Gasteiger partial charge in [0.25, 0.3) is 5.69 Å². The second-order valence-electron chi connectivity index (χ2n) is 4.35. The van der Waals surface area contributed by atoms with Gasteiger partial charge < -0.3 is 0 Å². The van der Waals surface area contributed by atoms with Gasteiger partial charge in [-0.25, -0.2) is 0 Å². The molecule has 1 saturated carbocycles. The molecule has 2 unspecified atom stereocenters. The van der Waals surface area contributed by atoms with Crippen molar-refractivity contribution in [1.82, 2.24) is 5.32 Å². The average Bonchev–Trinajstić information content (AvgIpc) is 3.00. The number of hydrogen-bond acceptors (Lipinski definition) is 4. The van der Waals surface area contributed by atoms with E-state index in [0.717, 1.165) is 0 Å². The highest BCUT2D eigenvalue weighted by molar-refractivity contribution is 6.15. The molecule has 0 bridgehead atoms. The van der Waals surface area contributed by atoms with Crippen LogP contribution in [0.3, 0.4) is 0 Å². The Hall–Kier alpha value is -2.24. The minimum atomic E-state index is -0.758. The number of rotatable bonds is 2. The van der Waals surface area contributed by atoms with Crippen LogP contribution in [0.1, 0.15) is 12.0 Å². The summed E-state index contributed by atoms with van der Waals surface area (Å²) >= 11 is 0. The topological polar surface area (TPSA) is 89.3 Å². The van der Waals surface area contributed by atoms with Crippen molar-refractivity contribution in [2.45, 2.75) is 11.8 Å². The van der Waals surface area contributed by atoms with Gasteiger partial charge in [-0.05, 0) is 12.0 Å². The fourth-order valence-corrected chi connectivity index (χ4v) is 2.47. The molecule has 1 aromatic carbocycles. The number of nitro benzene ring substituents is 1. The van der Waals surface area contributed by atoms with E-state index in [9.17, 15) is 19.7 Å². The smallest absolute Gasteiger partial charge is 0.269 e. The highest BCUT2D eigenvalue weighted by Crippen LogP contribution is 2.57. The Labute approximate surface area is 95.8 Å². The Bertz CT molecular complexity index is 551. The van der Waals surface area contributed by atoms with E-state index < -0.39 is 10.3 Å². The van der Waals surface area contributed by atoms with Gasteiger partial charge >= 0.3 is 0 Å². The third kappa shape index (κ3) is 1.15. The highest BCUT2D eigenvalue weighted by Gasteiger charge is 2.69. The van der Waals surface area contributed by atoms with Gasteiger partial charge in [-0.2, -0.15) is 0 Å². The van der Waals surface area contributed by atoms with Crippen LogP contribution in [0.25, 0.3) is 0 Å². The molecule has 17 heavy (non-hydrogen) atoms. The van der Waals surface area contributed by atoms with E-state index in [1.165, 1.54) is 12.1 Å². The SMILES string of the molecule is O=C1NC(=O)C2(c3ccc([N+](=O)[O-])cc3)CC12. The lowest BCUT2D eigenvalue weighted by Gasteiger charge is -2.09. The molecule has 2 amide bonds. The van der Waals surface area contributed by atoms with Crippen molar-refractivity contribution in [1.29, 1.82) is 0 Å². The fourth-order valence-electron chi connectivity index (χ4n) is 2.47. The van der Waals surface area contributed by atoms with Crippen LogP contribution >= 0.6 is 0 Å². The summed E-state index contributed by atoms with van der Waals surface area (Å²) in [6.07, 6.45) is 0.509. The standard InChI is InChI=1S/C11H8N2O4/c14-9-8-5-11(8,10(15)12-9)6-1-3-7(4-2-6)13(16)17/h1-4,8H,5H2,(H,12,14,15). The van der Waals surface area contributed by atoms with Crippen LogP contribution in [0.4, 0.5) is 5.69 Å². The number of fused-ring (bicyclic) bond motifs is 1. The Morgan fingerprint density at radius 1 is 1.29 bits per heavy atom. The molecule has 2 fully saturated rings. The summed E-state index contributed by atoms with van der Waals surface area (Å²) in [6, 6.07) is 5.82. The van der Waals surface area contributed by atoms with E-state index in [2.05, 4.69) is 5.32 Å². The number of carbonyl (C=O) groups excluding carboxylic acids is 2. The van der Waals surface area contributed by atoms with Crippen molar-refractivity contribution in [3.63, 3.8) is 0 Å². The maximum absolute atomic E-state index is 11.7. The van der Waals surface area contributed by atoms with E-state index in [1.807, 2.05) is 0 Å². The predicted molar refractivity (Wildman–Crippen MR) is 56.0 cm³/mol. The maximum Gasteiger partial charge on any atom is 0.269 e. The van der Waals surface area contributed by atoms with Crippen LogP contribution in [-0.4, -0.2) is 16.7 Å². The quantitative estimate of drug-likeness (QED) is 0.457. The van der Waals surface area contributed by atoms with Crippen LogP contribution in [0.15, 0.2) is 24.3 Å². The molecule has 0 aromatic heterocycles. The van der Waals surface area contributed by atoms with Gasteiger partial charge in [0.15, 0.2) is 0 Å². The summed E-state index contributed by atoms with van der Waals surface area (Å²) in [5.74, 6) is -0.828. The first-order valence-corrected chi connectivity index (χ1v) is 5.16. The van der Waals surface area contributed by atoms with Gasteiger partial charge in [0.2, 0.25) is 11.8 Å². The van der Waals surface area contributed by atoms with E-state index >= 15 is 0 Å². The number of non-ortho nitro benzene ring substituents is 1. The molecule has 2 atom stereocenters. The van der Waals surface area contributed by atoms with Crippen molar-refractivity contribution >= 4 is 17.5 Å². The molecule has 6 nitrogen and oxygen atoms in total. The number of benzene rings is 1. The van der Waals surface area contributed by atoms with E-state index in [4.69, 9.17) is 0 Å². The first kappa shape index (κ1) is 9.95. The van der Waals surface area contributed by atoms with Crippen molar-refractivity contribution in [2.24, 2.45) is 5.92 Å². The molecule has 3 rings (SSSR count). The van der Waals surface area contributed by atoms with Crippen molar-refractivity contribution in [3.8, 4) is 0 Å². The van der Waals surface area contributed by atoms with Crippen molar-refractivity contribution in [3.05, 3.63) is 39.9 Å². The average molecular weight is 232 g/mol. The fraction of sp³-hybridized carbons (Fsp3) is 0.273. The third-order valence-electron chi connectivity index (χ3n) is 3.51. The van der Waals surface area contributed by atoms with Crippen LogP contribution < -0.4 is 5.32 Å². The summed E-state index contributed by atoms with van der Waals surface area (Å²) in [5.41, 5.74) is -0.102. The van der Waals surface area contributed by atoms with E-state index in [1.54, 1.807) is 12.1 Å². The number of nitro groups is 1. The molecule has 0 radical (unpaired) electrons. The lowest BCUT2D eigenvalue weighted by molar-refractivity contribution is -0.384. The molecule has 0 spiro atoms. The van der Waals surface area contributed by atoms with Crippen molar-refractivity contribution in [2.75, 3.05) is 0 Å². The molecule has 1 aliphatic carbocycles. The summed E-state index contributed by atoms with van der Waals surface area (Å²) < 4.78 is 0. The van der Waals surface area contributed by atoms with Gasteiger partial charge in [-0.15, -0.1) is 0 Å². The highest BCUT2D eigenvalue weighted by atomic mass is 16.6. The molecule has 1 aliphatic heterocycles. The van der Waals surface area contributed by atoms with Gasteiger partial charge in [-0.3, -0.25) is 25.0 Å². The van der Waals surface area contributed by atoms with Crippen molar-refractivity contribution < 1.29 is 14.5 Å². The van der Waals surface area contributed by atoms with Gasteiger partial charge in [-0.1, -0.05) is 12.1 Å². The Morgan fingerprint density at radius 3 is 2.35 bits per heavy atom. The lowest BCUT2D eigenvalue weighted by atomic mass is 9.94. The minimum absolute atomic E-state index is 0.0212. The number of nitrogens with zero attached hydrogens (tertiary/aromatic N) is 1. The van der Waals surface area contributed by atoms with Gasteiger partial charge in [0, 0.05) is 12.1 Å². The maximum atomic E-state index is 11.7. The van der Waals surface area contributed by atoms with Crippen LogP contribution in [0.5, 0.6) is 0 Å². The zero-order valence-electron chi connectivity index (χ0n) is 8.67. The summed E-state index contributed by atoms with van der Waals surface area (Å²) in [4.78, 5) is 33.1. The zero-order valence-corrected chi connectivity index (χ0v) is 8.67. The van der Waals surface area contributed by atoms with E-state index in [-0.39, 0.29) is 23.4 Å². The Morgan fingerprint density at radius 2 is 1.94 bits per heavy atom. The molecule has 2 aliphatic rings. The summed E-state index contributed by atoms with van der Waals surface area (Å²) in [7, 11) is 0. The van der Waals surface area contributed by atoms with Gasteiger partial charge in [0.1, 0.15) is 0 Å². The minimum Gasteiger partial charge on any atom is -0.295 e. The molecule has 1 N–H and O–H groups in total. The van der Waals surface area contributed by atoms with Crippen LogP contribution in [0, 0.1) is 16.0 Å². The molecule has 1 aromatic rings. The molecule has 6 heteroatoms. The molecular weight excluding hydrogens is 224 g/mol. The summed E-state index contributed by atoms with van der Waals surface area (Å²) in [6.45, 7) is 0. The number of hydrogen-bond donors (Lipinski definition) is 1. The molecular formula is C11H8N2O4. The first-order chi connectivity index (χ1) is 8.05. The molecule has 1 heterocycles. The zero-order chi connectivity index (χ0) is 12.2. The number of amides is 2. The third-order valence-corrected chi connectivity index (χ3v) is 3.51.